The lowest BCUT2D eigenvalue weighted by Crippen LogP contribution is -2.30. The Labute approximate surface area is 411 Å². The van der Waals surface area contributed by atoms with Crippen molar-refractivity contribution in [3.05, 3.63) is 134 Å². The molecule has 0 N–H and O–H groups in total. The van der Waals surface area contributed by atoms with Crippen molar-refractivity contribution in [1.82, 2.24) is 0 Å². The maximum Gasteiger partial charge on any atom is 0.306 e. The van der Waals surface area contributed by atoms with E-state index in [1.165, 1.54) is 38.5 Å². The van der Waals surface area contributed by atoms with Crippen LogP contribution in [0.25, 0.3) is 0 Å². The Morgan fingerprint density at radius 2 is 0.567 bits per heavy atom. The number of carbonyl (C=O) groups is 3. The van der Waals surface area contributed by atoms with E-state index < -0.39 is 12.1 Å². The van der Waals surface area contributed by atoms with Gasteiger partial charge in [0.1, 0.15) is 13.2 Å². The van der Waals surface area contributed by atoms with Crippen molar-refractivity contribution >= 4 is 17.9 Å². The van der Waals surface area contributed by atoms with Crippen LogP contribution in [0.1, 0.15) is 213 Å². The van der Waals surface area contributed by atoms with E-state index in [4.69, 9.17) is 14.2 Å². The zero-order valence-corrected chi connectivity index (χ0v) is 42.9. The van der Waals surface area contributed by atoms with Crippen LogP contribution in [0.4, 0.5) is 0 Å². The molecule has 0 aromatic heterocycles. The highest BCUT2D eigenvalue weighted by molar-refractivity contribution is 5.71. The average Bonchev–Trinajstić information content (AvgIpc) is 3.33. The summed E-state index contributed by atoms with van der Waals surface area (Å²) < 4.78 is 16.7. The zero-order valence-electron chi connectivity index (χ0n) is 42.9. The van der Waals surface area contributed by atoms with Crippen LogP contribution < -0.4 is 0 Å². The number of esters is 3. The number of ether oxygens (including phenoxy) is 3. The smallest absolute Gasteiger partial charge is 0.306 e. The minimum atomic E-state index is -0.832. The molecule has 0 heterocycles. The normalized spacial score (nSPS) is 13.2. The molecule has 0 aromatic rings. The highest BCUT2D eigenvalue weighted by Gasteiger charge is 2.19. The summed E-state index contributed by atoms with van der Waals surface area (Å²) in [5, 5.41) is 0. The van der Waals surface area contributed by atoms with E-state index >= 15 is 0 Å². The van der Waals surface area contributed by atoms with Crippen molar-refractivity contribution in [1.29, 1.82) is 0 Å². The molecule has 0 aliphatic rings. The lowest BCUT2D eigenvalue weighted by molar-refractivity contribution is -0.166. The second-order valence-electron chi connectivity index (χ2n) is 17.0. The standard InChI is InChI=1S/C61H96O6/c1-4-7-10-13-16-19-22-25-28-30-31-32-34-36-39-42-45-48-51-54-60(63)66-57-58(56-65-59(62)53-50-47-44-41-38-35-27-24-21-18-15-12-9-6-3)67-61(64)55-52-49-46-43-40-37-33-29-26-23-20-17-14-11-8-5-2/h7-12,16-21,25-26,28-29,31-32,37,40,46,49,58H,4-6,13-15,22-24,27,30,33-36,38-39,41-45,47-48,50-57H2,1-3H3/b10-7-,11-8-,12-9-,19-16-,20-17-,21-18-,28-25-,29-26-,32-31-,40-37-,49-46-. The fraction of sp³-hybridized carbons (Fsp3) is 0.590. The number of carbonyl (C=O) groups excluding carboxylic acids is 3. The summed E-state index contributed by atoms with van der Waals surface area (Å²) in [4.78, 5) is 38.0. The predicted molar refractivity (Wildman–Crippen MR) is 288 cm³/mol. The van der Waals surface area contributed by atoms with Gasteiger partial charge in [0.25, 0.3) is 0 Å². The molecule has 0 aliphatic heterocycles. The molecule has 6 heteroatoms. The number of hydrogen-bond donors (Lipinski definition) is 0. The van der Waals surface area contributed by atoms with Gasteiger partial charge < -0.3 is 14.2 Å². The Hall–Kier alpha value is -4.45. The van der Waals surface area contributed by atoms with Crippen LogP contribution in [0.2, 0.25) is 0 Å². The number of rotatable bonds is 46. The number of allylic oxidation sites excluding steroid dienone is 22. The summed E-state index contributed by atoms with van der Waals surface area (Å²) in [6.07, 6.45) is 75.9. The minimum absolute atomic E-state index is 0.121. The van der Waals surface area contributed by atoms with Gasteiger partial charge in [-0.2, -0.15) is 0 Å². The van der Waals surface area contributed by atoms with Crippen molar-refractivity contribution in [3.8, 4) is 0 Å². The van der Waals surface area contributed by atoms with Crippen LogP contribution >= 0.6 is 0 Å². The SMILES string of the molecule is CC/C=C\C/C=C\C/C=C\C/C=C\C/C=C\CCC(=O)OC(COC(=O)CCCCCCCC/C=C\C/C=C\C/C=C\C/C=C\CC)COC(=O)CCCCCCCCC/C=C\C/C=C\CC. The van der Waals surface area contributed by atoms with Gasteiger partial charge in [-0.1, -0.05) is 212 Å². The van der Waals surface area contributed by atoms with Gasteiger partial charge in [0.05, 0.1) is 0 Å². The highest BCUT2D eigenvalue weighted by atomic mass is 16.6. The molecule has 0 aromatic carbocycles. The molecular weight excluding hydrogens is 829 g/mol. The number of unbranched alkanes of at least 4 members (excludes halogenated alkanes) is 13. The van der Waals surface area contributed by atoms with Gasteiger partial charge in [-0.15, -0.1) is 0 Å². The van der Waals surface area contributed by atoms with Gasteiger partial charge in [0, 0.05) is 19.3 Å². The number of hydrogen-bond acceptors (Lipinski definition) is 6. The first kappa shape index (κ1) is 62.5. The molecule has 0 amide bonds. The van der Waals surface area contributed by atoms with E-state index in [-0.39, 0.29) is 31.6 Å². The lowest BCUT2D eigenvalue weighted by atomic mass is 10.1. The fourth-order valence-electron chi connectivity index (χ4n) is 6.75. The predicted octanol–water partition coefficient (Wildman–Crippen LogP) is 17.9. The van der Waals surface area contributed by atoms with Gasteiger partial charge in [-0.25, -0.2) is 0 Å². The topological polar surface area (TPSA) is 78.9 Å². The van der Waals surface area contributed by atoms with Gasteiger partial charge in [0.15, 0.2) is 6.10 Å². The van der Waals surface area contributed by atoms with Crippen LogP contribution in [0.5, 0.6) is 0 Å². The molecule has 0 rings (SSSR count). The average molecular weight is 925 g/mol. The van der Waals surface area contributed by atoms with Crippen LogP contribution in [-0.4, -0.2) is 37.2 Å². The summed E-state index contributed by atoms with van der Waals surface area (Å²) in [6, 6.07) is 0. The summed E-state index contributed by atoms with van der Waals surface area (Å²) in [6.45, 7) is 6.21. The second kappa shape index (κ2) is 54.2. The molecule has 0 bridgehead atoms. The quantitative estimate of drug-likeness (QED) is 0.0262. The summed E-state index contributed by atoms with van der Waals surface area (Å²) in [5.41, 5.74) is 0. The minimum Gasteiger partial charge on any atom is -0.462 e. The van der Waals surface area contributed by atoms with Crippen molar-refractivity contribution in [3.63, 3.8) is 0 Å². The van der Waals surface area contributed by atoms with Gasteiger partial charge in [-0.3, -0.25) is 14.4 Å². The van der Waals surface area contributed by atoms with Crippen LogP contribution in [0, 0.1) is 0 Å². The monoisotopic (exact) mass is 925 g/mol. The van der Waals surface area contributed by atoms with Crippen molar-refractivity contribution in [2.45, 2.75) is 219 Å². The molecule has 6 nitrogen and oxygen atoms in total. The Balaban J connectivity index is 4.54. The Morgan fingerprint density at radius 1 is 0.299 bits per heavy atom. The zero-order chi connectivity index (χ0) is 48.6. The molecule has 0 aliphatic carbocycles. The first-order valence-corrected chi connectivity index (χ1v) is 26.7. The van der Waals surface area contributed by atoms with Crippen molar-refractivity contribution in [2.75, 3.05) is 13.2 Å². The molecule has 0 fully saturated rings. The maximum absolute atomic E-state index is 12.8. The Kier molecular flexibility index (Phi) is 50.6. The van der Waals surface area contributed by atoms with E-state index in [2.05, 4.69) is 142 Å². The summed E-state index contributed by atoms with van der Waals surface area (Å²) in [7, 11) is 0. The molecule has 0 radical (unpaired) electrons. The molecule has 0 saturated carbocycles. The third-order valence-corrected chi connectivity index (χ3v) is 10.6. The van der Waals surface area contributed by atoms with Crippen molar-refractivity contribution in [2.24, 2.45) is 0 Å². The molecule has 1 atom stereocenters. The Morgan fingerprint density at radius 3 is 0.896 bits per heavy atom. The molecule has 67 heavy (non-hydrogen) atoms. The highest BCUT2D eigenvalue weighted by Crippen LogP contribution is 2.13. The summed E-state index contributed by atoms with van der Waals surface area (Å²) in [5.74, 6) is -1.04. The van der Waals surface area contributed by atoms with Crippen LogP contribution in [-0.2, 0) is 28.6 Å². The second-order valence-corrected chi connectivity index (χ2v) is 17.0. The van der Waals surface area contributed by atoms with Crippen LogP contribution in [0.3, 0.4) is 0 Å². The molecule has 376 valence electrons. The van der Waals surface area contributed by atoms with Gasteiger partial charge in [-0.05, 0) is 116 Å². The Bertz CT molecular complexity index is 1480. The first-order chi connectivity index (χ1) is 33.0. The van der Waals surface area contributed by atoms with Gasteiger partial charge in [0.2, 0.25) is 0 Å². The first-order valence-electron chi connectivity index (χ1n) is 26.7. The van der Waals surface area contributed by atoms with E-state index in [1.807, 2.05) is 12.2 Å². The maximum atomic E-state index is 12.8. The molecule has 0 saturated heterocycles. The van der Waals surface area contributed by atoms with Crippen molar-refractivity contribution < 1.29 is 28.6 Å². The summed E-state index contributed by atoms with van der Waals surface area (Å²) >= 11 is 0. The van der Waals surface area contributed by atoms with E-state index in [9.17, 15) is 14.4 Å². The third kappa shape index (κ3) is 52.4. The van der Waals surface area contributed by atoms with E-state index in [0.717, 1.165) is 128 Å². The van der Waals surface area contributed by atoms with E-state index in [0.29, 0.717) is 19.3 Å². The lowest BCUT2D eigenvalue weighted by Gasteiger charge is -2.18. The third-order valence-electron chi connectivity index (χ3n) is 10.6. The van der Waals surface area contributed by atoms with Gasteiger partial charge >= 0.3 is 17.9 Å². The van der Waals surface area contributed by atoms with Crippen LogP contribution in [0.15, 0.2) is 134 Å². The fourth-order valence-corrected chi connectivity index (χ4v) is 6.75. The molecule has 0 spiro atoms. The largest absolute Gasteiger partial charge is 0.462 e. The molecule has 1 unspecified atom stereocenters. The van der Waals surface area contributed by atoms with E-state index in [1.54, 1.807) is 0 Å². The molecular formula is C61H96O6.